The van der Waals surface area contributed by atoms with Crippen molar-refractivity contribution in [2.24, 2.45) is 0 Å². The molecule has 0 saturated heterocycles. The van der Waals surface area contributed by atoms with E-state index in [4.69, 9.17) is 4.98 Å². The lowest BCUT2D eigenvalue weighted by molar-refractivity contribution is -0.121. The van der Waals surface area contributed by atoms with Crippen molar-refractivity contribution in [2.75, 3.05) is 0 Å². The summed E-state index contributed by atoms with van der Waals surface area (Å²) in [5.74, 6) is 0.974. The van der Waals surface area contributed by atoms with E-state index in [1.54, 1.807) is 0 Å². The van der Waals surface area contributed by atoms with Gasteiger partial charge in [0.1, 0.15) is 5.82 Å². The first-order valence-electron chi connectivity index (χ1n) is 9.30. The molecule has 1 atom stereocenters. The number of rotatable bonds is 6. The number of para-hydroxylation sites is 2. The average Bonchev–Trinajstić information content (AvgIpc) is 2.97. The van der Waals surface area contributed by atoms with E-state index < -0.39 is 0 Å². The fraction of sp³-hybridized carbons (Fsp3) is 0.364. The Hall–Kier alpha value is -2.62. The molecule has 26 heavy (non-hydrogen) atoms. The molecule has 0 unspecified atom stereocenters. The van der Waals surface area contributed by atoms with Gasteiger partial charge in [-0.2, -0.15) is 0 Å². The van der Waals surface area contributed by atoms with Crippen LogP contribution in [0.25, 0.3) is 11.0 Å². The number of aromatic nitrogens is 2. The lowest BCUT2D eigenvalue weighted by Gasteiger charge is -2.17. The third kappa shape index (κ3) is 3.79. The number of nitrogens with one attached hydrogen (secondary N) is 1. The number of fused-ring (bicyclic) bond motifs is 1. The zero-order valence-corrected chi connectivity index (χ0v) is 16.0. The van der Waals surface area contributed by atoms with Crippen LogP contribution >= 0.6 is 0 Å². The molecule has 0 fully saturated rings. The van der Waals surface area contributed by atoms with Gasteiger partial charge in [0.25, 0.3) is 0 Å². The molecule has 0 radical (unpaired) electrons. The molecule has 4 heteroatoms. The van der Waals surface area contributed by atoms with Crippen LogP contribution in [-0.4, -0.2) is 15.5 Å². The molecule has 2 aromatic carbocycles. The summed E-state index contributed by atoms with van der Waals surface area (Å²) in [5, 5.41) is 3.09. The topological polar surface area (TPSA) is 46.9 Å². The van der Waals surface area contributed by atoms with E-state index in [0.717, 1.165) is 29.8 Å². The Labute approximate surface area is 155 Å². The summed E-state index contributed by atoms with van der Waals surface area (Å²) in [5.41, 5.74) is 5.86. The Bertz CT molecular complexity index is 926. The van der Waals surface area contributed by atoms with Gasteiger partial charge in [-0.3, -0.25) is 4.79 Å². The van der Waals surface area contributed by atoms with Crippen LogP contribution in [0, 0.1) is 13.8 Å². The van der Waals surface area contributed by atoms with Crippen molar-refractivity contribution in [2.45, 2.75) is 53.1 Å². The van der Waals surface area contributed by atoms with Gasteiger partial charge in [0.05, 0.1) is 17.1 Å². The minimum Gasteiger partial charge on any atom is -0.346 e. The zero-order chi connectivity index (χ0) is 18.7. The molecule has 4 nitrogen and oxygen atoms in total. The number of amides is 1. The lowest BCUT2D eigenvalue weighted by atomic mass is 10.1. The van der Waals surface area contributed by atoms with Crippen molar-refractivity contribution in [3.63, 3.8) is 0 Å². The predicted molar refractivity (Wildman–Crippen MR) is 106 cm³/mol. The van der Waals surface area contributed by atoms with Gasteiger partial charge < -0.3 is 9.88 Å². The zero-order valence-electron chi connectivity index (χ0n) is 16.0. The first kappa shape index (κ1) is 18.2. The maximum absolute atomic E-state index is 12.1. The van der Waals surface area contributed by atoms with E-state index in [1.807, 2.05) is 32.0 Å². The highest BCUT2D eigenvalue weighted by atomic mass is 16.1. The van der Waals surface area contributed by atoms with Crippen LogP contribution in [0.3, 0.4) is 0 Å². The Kier molecular flexibility index (Phi) is 5.40. The average molecular weight is 349 g/mol. The first-order valence-corrected chi connectivity index (χ1v) is 9.30. The SMILES string of the molecule is CCCC(=O)N[C@H](C)c1nc2ccccc2n1Cc1cc(C)ccc1C. The summed E-state index contributed by atoms with van der Waals surface area (Å²) in [6, 6.07) is 14.6. The number of carbonyl (C=O) groups excluding carboxylic acids is 1. The van der Waals surface area contributed by atoms with Gasteiger partial charge in [0.2, 0.25) is 5.91 Å². The molecule has 0 aliphatic heterocycles. The van der Waals surface area contributed by atoms with E-state index >= 15 is 0 Å². The van der Waals surface area contributed by atoms with E-state index in [2.05, 4.69) is 48.0 Å². The summed E-state index contributed by atoms with van der Waals surface area (Å²) in [4.78, 5) is 16.9. The van der Waals surface area contributed by atoms with Gasteiger partial charge >= 0.3 is 0 Å². The molecule has 1 aromatic heterocycles. The second-order valence-electron chi connectivity index (χ2n) is 7.01. The maximum atomic E-state index is 12.1. The van der Waals surface area contributed by atoms with Crippen LogP contribution in [0.5, 0.6) is 0 Å². The van der Waals surface area contributed by atoms with Gasteiger partial charge in [-0.15, -0.1) is 0 Å². The van der Waals surface area contributed by atoms with Crippen molar-refractivity contribution in [1.82, 2.24) is 14.9 Å². The van der Waals surface area contributed by atoms with Gasteiger partial charge in [-0.05, 0) is 50.5 Å². The van der Waals surface area contributed by atoms with E-state index in [0.29, 0.717) is 6.42 Å². The van der Waals surface area contributed by atoms with Crippen LogP contribution in [0.4, 0.5) is 0 Å². The van der Waals surface area contributed by atoms with Crippen molar-refractivity contribution in [1.29, 1.82) is 0 Å². The third-order valence-electron chi connectivity index (χ3n) is 4.76. The summed E-state index contributed by atoms with van der Waals surface area (Å²) < 4.78 is 2.23. The number of imidazole rings is 1. The van der Waals surface area contributed by atoms with Crippen LogP contribution in [-0.2, 0) is 11.3 Å². The number of aryl methyl sites for hydroxylation is 2. The normalized spacial score (nSPS) is 12.3. The van der Waals surface area contributed by atoms with Crippen molar-refractivity contribution in [3.8, 4) is 0 Å². The molecule has 1 amide bonds. The minimum atomic E-state index is -0.133. The number of nitrogens with zero attached hydrogens (tertiary/aromatic N) is 2. The molecular formula is C22H27N3O. The first-order chi connectivity index (χ1) is 12.5. The van der Waals surface area contributed by atoms with Gasteiger partial charge in [0, 0.05) is 13.0 Å². The van der Waals surface area contributed by atoms with E-state index in [-0.39, 0.29) is 11.9 Å². The van der Waals surface area contributed by atoms with Gasteiger partial charge in [-0.25, -0.2) is 4.98 Å². The Balaban J connectivity index is 2.02. The monoisotopic (exact) mass is 349 g/mol. The number of hydrogen-bond acceptors (Lipinski definition) is 2. The molecule has 0 aliphatic carbocycles. The molecule has 3 aromatic rings. The maximum Gasteiger partial charge on any atom is 0.220 e. The van der Waals surface area contributed by atoms with Crippen LogP contribution in [0.1, 0.15) is 55.2 Å². The smallest absolute Gasteiger partial charge is 0.220 e. The number of hydrogen-bond donors (Lipinski definition) is 1. The van der Waals surface area contributed by atoms with Crippen molar-refractivity contribution < 1.29 is 4.79 Å². The van der Waals surface area contributed by atoms with Gasteiger partial charge in [0.15, 0.2) is 0 Å². The van der Waals surface area contributed by atoms with Crippen LogP contribution < -0.4 is 5.32 Å². The quantitative estimate of drug-likeness (QED) is 0.702. The highest BCUT2D eigenvalue weighted by molar-refractivity contribution is 5.78. The highest BCUT2D eigenvalue weighted by Crippen LogP contribution is 2.23. The second kappa shape index (κ2) is 7.73. The third-order valence-corrected chi connectivity index (χ3v) is 4.76. The minimum absolute atomic E-state index is 0.0744. The van der Waals surface area contributed by atoms with Crippen LogP contribution in [0.15, 0.2) is 42.5 Å². The second-order valence-corrected chi connectivity index (χ2v) is 7.01. The molecule has 0 saturated carbocycles. The number of carbonyl (C=O) groups is 1. The van der Waals surface area contributed by atoms with Crippen molar-refractivity contribution >= 4 is 16.9 Å². The molecule has 1 N–H and O–H groups in total. The van der Waals surface area contributed by atoms with E-state index in [9.17, 15) is 4.79 Å². The molecule has 0 aliphatic rings. The molecule has 136 valence electrons. The summed E-state index contributed by atoms with van der Waals surface area (Å²) in [7, 11) is 0. The van der Waals surface area contributed by atoms with Crippen LogP contribution in [0.2, 0.25) is 0 Å². The lowest BCUT2D eigenvalue weighted by Crippen LogP contribution is -2.28. The molecular weight excluding hydrogens is 322 g/mol. The fourth-order valence-electron chi connectivity index (χ4n) is 3.34. The summed E-state index contributed by atoms with van der Waals surface area (Å²) in [6.07, 6.45) is 1.39. The largest absolute Gasteiger partial charge is 0.346 e. The molecule has 3 rings (SSSR count). The molecule has 1 heterocycles. The summed E-state index contributed by atoms with van der Waals surface area (Å²) >= 11 is 0. The highest BCUT2D eigenvalue weighted by Gasteiger charge is 2.18. The van der Waals surface area contributed by atoms with Crippen molar-refractivity contribution in [3.05, 3.63) is 65.0 Å². The fourth-order valence-corrected chi connectivity index (χ4v) is 3.34. The van der Waals surface area contributed by atoms with E-state index in [1.165, 1.54) is 16.7 Å². The Morgan fingerprint density at radius 3 is 2.73 bits per heavy atom. The Morgan fingerprint density at radius 2 is 1.96 bits per heavy atom. The standard InChI is InChI=1S/C22H27N3O/c1-5-8-21(26)23-17(4)22-24-19-9-6-7-10-20(19)25(22)14-18-13-15(2)11-12-16(18)3/h6-7,9-13,17H,5,8,14H2,1-4H3,(H,23,26)/t17-/m1/s1. The summed E-state index contributed by atoms with van der Waals surface area (Å²) in [6.45, 7) is 9.02. The molecule has 0 spiro atoms. The number of benzene rings is 2. The Morgan fingerprint density at radius 1 is 1.19 bits per heavy atom. The molecule has 0 bridgehead atoms. The predicted octanol–water partition coefficient (Wildman–Crippen LogP) is 4.68. The van der Waals surface area contributed by atoms with Gasteiger partial charge in [-0.1, -0.05) is 42.8 Å².